The third-order valence-corrected chi connectivity index (χ3v) is 3.32. The van der Waals surface area contributed by atoms with E-state index in [4.69, 9.17) is 5.11 Å². The molecule has 1 aromatic carbocycles. The number of thiophene rings is 1. The summed E-state index contributed by atoms with van der Waals surface area (Å²) in [4.78, 5) is 11.5. The molecular weight excluding hydrogens is 258 g/mol. The van der Waals surface area contributed by atoms with Crippen LogP contribution in [0, 0.1) is 0 Å². The van der Waals surface area contributed by atoms with Crippen LogP contribution >= 0.6 is 11.3 Å². The molecule has 0 aliphatic rings. The summed E-state index contributed by atoms with van der Waals surface area (Å²) in [5, 5.41) is 15.9. The molecule has 19 heavy (non-hydrogen) atoms. The predicted octanol–water partition coefficient (Wildman–Crippen LogP) is 2.83. The van der Waals surface area contributed by atoms with Crippen LogP contribution in [0.5, 0.6) is 5.75 Å². The zero-order valence-corrected chi connectivity index (χ0v) is 11.2. The Morgan fingerprint density at radius 2 is 2.05 bits per heavy atom. The Morgan fingerprint density at radius 3 is 2.74 bits per heavy atom. The van der Waals surface area contributed by atoms with Crippen LogP contribution in [0.2, 0.25) is 0 Å². The topological polar surface area (TPSA) is 49.3 Å². The molecule has 2 rings (SSSR count). The van der Waals surface area contributed by atoms with Gasteiger partial charge in [0.1, 0.15) is 5.75 Å². The minimum atomic E-state index is -0.0926. The highest BCUT2D eigenvalue weighted by Gasteiger charge is 1.97. The molecular formula is C15H15NO2S. The van der Waals surface area contributed by atoms with Gasteiger partial charge in [-0.05, 0) is 52.6 Å². The molecule has 3 nitrogen and oxygen atoms in total. The van der Waals surface area contributed by atoms with Gasteiger partial charge in [-0.2, -0.15) is 11.3 Å². The molecule has 0 saturated carbocycles. The third-order valence-electron chi connectivity index (χ3n) is 2.62. The fourth-order valence-corrected chi connectivity index (χ4v) is 2.22. The molecule has 0 saturated heterocycles. The maximum absolute atomic E-state index is 11.5. The molecule has 2 N–H and O–H groups in total. The first kappa shape index (κ1) is 13.4. The second-order valence-corrected chi connectivity index (χ2v) is 4.88. The van der Waals surface area contributed by atoms with Gasteiger partial charge in [0.2, 0.25) is 5.91 Å². The lowest BCUT2D eigenvalue weighted by Crippen LogP contribution is -2.23. The molecule has 1 aromatic heterocycles. The summed E-state index contributed by atoms with van der Waals surface area (Å²) in [6, 6.07) is 8.96. The van der Waals surface area contributed by atoms with Crippen molar-refractivity contribution in [2.75, 3.05) is 6.54 Å². The van der Waals surface area contributed by atoms with Gasteiger partial charge in [0.05, 0.1) is 0 Å². The van der Waals surface area contributed by atoms with Crippen LogP contribution in [0.4, 0.5) is 0 Å². The summed E-state index contributed by atoms with van der Waals surface area (Å²) in [7, 11) is 0. The fourth-order valence-electron chi connectivity index (χ4n) is 1.59. The Kier molecular flexibility index (Phi) is 4.75. The summed E-state index contributed by atoms with van der Waals surface area (Å²) < 4.78 is 0. The summed E-state index contributed by atoms with van der Waals surface area (Å²) in [5.74, 6) is 0.163. The summed E-state index contributed by atoms with van der Waals surface area (Å²) in [6.07, 6.45) is 4.09. The van der Waals surface area contributed by atoms with Crippen molar-refractivity contribution in [3.63, 3.8) is 0 Å². The van der Waals surface area contributed by atoms with Crippen molar-refractivity contribution < 1.29 is 9.90 Å². The summed E-state index contributed by atoms with van der Waals surface area (Å²) in [5.41, 5.74) is 2.12. The van der Waals surface area contributed by atoms with Gasteiger partial charge in [0.15, 0.2) is 0 Å². The number of phenols is 1. The average Bonchev–Trinajstić information content (AvgIpc) is 2.92. The molecule has 4 heteroatoms. The van der Waals surface area contributed by atoms with Gasteiger partial charge in [-0.1, -0.05) is 12.1 Å². The number of nitrogens with one attached hydrogen (secondary N) is 1. The van der Waals surface area contributed by atoms with Crippen LogP contribution in [0.1, 0.15) is 11.1 Å². The summed E-state index contributed by atoms with van der Waals surface area (Å²) >= 11 is 1.60. The Morgan fingerprint density at radius 1 is 1.26 bits per heavy atom. The minimum Gasteiger partial charge on any atom is -0.508 e. The maximum Gasteiger partial charge on any atom is 0.244 e. The maximum atomic E-state index is 11.5. The largest absolute Gasteiger partial charge is 0.508 e. The second-order valence-electron chi connectivity index (χ2n) is 4.10. The van der Waals surface area contributed by atoms with Crippen molar-refractivity contribution in [2.45, 2.75) is 6.42 Å². The number of carbonyl (C=O) groups excluding carboxylic acids is 1. The molecule has 0 atom stereocenters. The van der Waals surface area contributed by atoms with E-state index in [1.54, 1.807) is 35.6 Å². The number of carbonyl (C=O) groups is 1. The van der Waals surface area contributed by atoms with Crippen molar-refractivity contribution in [1.82, 2.24) is 5.32 Å². The number of amides is 1. The van der Waals surface area contributed by atoms with E-state index >= 15 is 0 Å². The molecule has 0 radical (unpaired) electrons. The molecule has 0 spiro atoms. The van der Waals surface area contributed by atoms with E-state index < -0.39 is 0 Å². The first-order chi connectivity index (χ1) is 9.24. The van der Waals surface area contributed by atoms with E-state index in [0.717, 1.165) is 17.5 Å². The van der Waals surface area contributed by atoms with E-state index in [0.29, 0.717) is 6.54 Å². The molecule has 2 aromatic rings. The first-order valence-electron chi connectivity index (χ1n) is 6.00. The molecule has 0 bridgehead atoms. The first-order valence-corrected chi connectivity index (χ1v) is 6.94. The Hall–Kier alpha value is -2.07. The van der Waals surface area contributed by atoms with Gasteiger partial charge in [-0.15, -0.1) is 0 Å². The fraction of sp³-hybridized carbons (Fsp3) is 0.133. The van der Waals surface area contributed by atoms with E-state index in [2.05, 4.69) is 5.32 Å². The minimum absolute atomic E-state index is 0.0926. The van der Waals surface area contributed by atoms with Gasteiger partial charge in [-0.25, -0.2) is 0 Å². The van der Waals surface area contributed by atoms with Crippen LogP contribution in [-0.2, 0) is 11.2 Å². The van der Waals surface area contributed by atoms with Crippen LogP contribution < -0.4 is 5.32 Å². The molecule has 1 heterocycles. The van der Waals surface area contributed by atoms with E-state index in [9.17, 15) is 4.79 Å². The van der Waals surface area contributed by atoms with Gasteiger partial charge >= 0.3 is 0 Å². The molecule has 0 unspecified atom stereocenters. The number of hydrogen-bond acceptors (Lipinski definition) is 3. The van der Waals surface area contributed by atoms with E-state index in [1.165, 1.54) is 0 Å². The van der Waals surface area contributed by atoms with E-state index in [-0.39, 0.29) is 11.7 Å². The van der Waals surface area contributed by atoms with Gasteiger partial charge in [-0.3, -0.25) is 4.79 Å². The zero-order valence-electron chi connectivity index (χ0n) is 10.4. The van der Waals surface area contributed by atoms with E-state index in [1.807, 2.05) is 29.0 Å². The van der Waals surface area contributed by atoms with Gasteiger partial charge in [0, 0.05) is 12.6 Å². The van der Waals surface area contributed by atoms with Crippen LogP contribution in [0.15, 0.2) is 47.2 Å². The quantitative estimate of drug-likeness (QED) is 0.823. The highest BCUT2D eigenvalue weighted by atomic mass is 32.1. The Bertz CT molecular complexity index is 544. The van der Waals surface area contributed by atoms with Crippen molar-refractivity contribution in [3.8, 4) is 5.75 Å². The highest BCUT2D eigenvalue weighted by Crippen LogP contribution is 2.09. The predicted molar refractivity (Wildman–Crippen MR) is 78.2 cm³/mol. The number of hydrogen-bond donors (Lipinski definition) is 2. The lowest BCUT2D eigenvalue weighted by atomic mass is 10.1. The van der Waals surface area contributed by atoms with Gasteiger partial charge in [0.25, 0.3) is 0 Å². The smallest absolute Gasteiger partial charge is 0.244 e. The monoisotopic (exact) mass is 273 g/mol. The van der Waals surface area contributed by atoms with Crippen molar-refractivity contribution in [1.29, 1.82) is 0 Å². The normalized spacial score (nSPS) is 10.7. The third kappa shape index (κ3) is 4.60. The van der Waals surface area contributed by atoms with Gasteiger partial charge < -0.3 is 10.4 Å². The highest BCUT2D eigenvalue weighted by molar-refractivity contribution is 7.08. The standard InChI is InChI=1S/C15H15NO2S/c17-14-4-1-12(2-5-14)7-9-16-15(18)6-3-13-8-10-19-11-13/h1-6,8,10-11,17H,7,9H2,(H,16,18)/b6-3+. The van der Waals surface area contributed by atoms with Crippen LogP contribution in [0.3, 0.4) is 0 Å². The van der Waals surface area contributed by atoms with Crippen molar-refractivity contribution in [2.24, 2.45) is 0 Å². The molecule has 1 amide bonds. The molecule has 0 aliphatic heterocycles. The second kappa shape index (κ2) is 6.75. The van der Waals surface area contributed by atoms with Crippen LogP contribution in [0.25, 0.3) is 6.08 Å². The Balaban J connectivity index is 1.73. The number of rotatable bonds is 5. The average molecular weight is 273 g/mol. The number of aromatic hydroxyl groups is 1. The summed E-state index contributed by atoms with van der Waals surface area (Å²) in [6.45, 7) is 0.581. The number of phenolic OH excluding ortho intramolecular Hbond substituents is 1. The SMILES string of the molecule is O=C(/C=C/c1ccsc1)NCCc1ccc(O)cc1. The molecule has 98 valence electrons. The molecule has 0 fully saturated rings. The van der Waals surface area contributed by atoms with Crippen molar-refractivity contribution >= 4 is 23.3 Å². The Labute approximate surface area is 116 Å². The van der Waals surface area contributed by atoms with Crippen molar-refractivity contribution in [3.05, 3.63) is 58.3 Å². The number of benzene rings is 1. The lowest BCUT2D eigenvalue weighted by molar-refractivity contribution is -0.116. The lowest BCUT2D eigenvalue weighted by Gasteiger charge is -2.02. The molecule has 0 aliphatic carbocycles. The zero-order chi connectivity index (χ0) is 13.5. The van der Waals surface area contributed by atoms with Crippen LogP contribution in [-0.4, -0.2) is 17.6 Å².